The Balaban J connectivity index is 0. The van der Waals surface area contributed by atoms with Crippen LogP contribution in [0.2, 0.25) is 0 Å². The summed E-state index contributed by atoms with van der Waals surface area (Å²) in [6.45, 7) is 11.1. The fraction of sp³-hybridized carbons (Fsp3) is 0.727. The molecule has 1 unspecified atom stereocenters. The van der Waals surface area contributed by atoms with Crippen molar-refractivity contribution in [3.05, 3.63) is 12.7 Å². The van der Waals surface area contributed by atoms with E-state index in [0.29, 0.717) is 0 Å². The zero-order valence-corrected chi connectivity index (χ0v) is 11.8. The van der Waals surface area contributed by atoms with Gasteiger partial charge in [-0.3, -0.25) is 9.35 Å². The molecule has 0 saturated carbocycles. The highest BCUT2D eigenvalue weighted by Crippen LogP contribution is 2.24. The number of rotatable bonds is 4. The molecule has 0 saturated heterocycles. The Bertz CT molecular complexity index is 341. The Morgan fingerprint density at radius 3 is 2.00 bits per heavy atom. The number of carbonyl (C=O) groups excluding carboxylic acids is 1. The maximum Gasteiger partial charge on any atom is 0.265 e. The van der Waals surface area contributed by atoms with Crippen molar-refractivity contribution in [2.75, 3.05) is 5.75 Å². The van der Waals surface area contributed by atoms with Gasteiger partial charge < -0.3 is 5.73 Å². The largest absolute Gasteiger partial charge is 0.366 e. The van der Waals surface area contributed by atoms with Crippen LogP contribution >= 0.6 is 0 Å². The molecule has 17 heavy (non-hydrogen) atoms. The SMILES string of the molecule is C=CC(N)=O.CC(CC(C)(C)C)CS(=O)(=O)O. The van der Waals surface area contributed by atoms with Crippen molar-refractivity contribution < 1.29 is 17.8 Å². The molecule has 0 aliphatic carbocycles. The first-order valence-electron chi connectivity index (χ1n) is 5.24. The summed E-state index contributed by atoms with van der Waals surface area (Å²) in [4.78, 5) is 9.47. The second-order valence-corrected chi connectivity index (χ2v) is 6.72. The van der Waals surface area contributed by atoms with Gasteiger partial charge in [-0.25, -0.2) is 0 Å². The molecule has 0 rings (SSSR count). The van der Waals surface area contributed by atoms with Gasteiger partial charge in [-0.2, -0.15) is 8.42 Å². The molecular formula is C11H23NO4S. The van der Waals surface area contributed by atoms with Crippen molar-refractivity contribution in [1.82, 2.24) is 0 Å². The minimum atomic E-state index is -3.80. The van der Waals surface area contributed by atoms with Crippen LogP contribution in [0.15, 0.2) is 12.7 Å². The van der Waals surface area contributed by atoms with Gasteiger partial charge in [0, 0.05) is 0 Å². The fourth-order valence-corrected chi connectivity index (χ4v) is 2.30. The van der Waals surface area contributed by atoms with Gasteiger partial charge in [0.05, 0.1) is 5.75 Å². The van der Waals surface area contributed by atoms with Crippen molar-refractivity contribution >= 4 is 16.0 Å². The topological polar surface area (TPSA) is 97.5 Å². The molecule has 0 aliphatic heterocycles. The Morgan fingerprint density at radius 2 is 1.82 bits per heavy atom. The van der Waals surface area contributed by atoms with E-state index >= 15 is 0 Å². The lowest BCUT2D eigenvalue weighted by atomic mass is 9.86. The molecule has 0 bridgehead atoms. The summed E-state index contributed by atoms with van der Waals surface area (Å²) in [5.41, 5.74) is 4.65. The quantitative estimate of drug-likeness (QED) is 0.596. The van der Waals surface area contributed by atoms with Crippen molar-refractivity contribution in [1.29, 1.82) is 0 Å². The number of hydrogen-bond acceptors (Lipinski definition) is 3. The van der Waals surface area contributed by atoms with E-state index in [2.05, 4.69) is 12.3 Å². The first kappa shape index (κ1) is 18.5. The highest BCUT2D eigenvalue weighted by Gasteiger charge is 2.19. The average Bonchev–Trinajstić information content (AvgIpc) is 1.97. The van der Waals surface area contributed by atoms with Gasteiger partial charge in [0.1, 0.15) is 0 Å². The van der Waals surface area contributed by atoms with Crippen LogP contribution in [0.25, 0.3) is 0 Å². The Hall–Kier alpha value is -0.880. The zero-order chi connectivity index (χ0) is 14.3. The van der Waals surface area contributed by atoms with Crippen LogP contribution in [0, 0.1) is 11.3 Å². The predicted molar refractivity (Wildman–Crippen MR) is 69.0 cm³/mol. The summed E-state index contributed by atoms with van der Waals surface area (Å²) in [6.07, 6.45) is 1.85. The zero-order valence-electron chi connectivity index (χ0n) is 10.9. The molecule has 0 spiro atoms. The third-order valence-electron chi connectivity index (χ3n) is 1.66. The van der Waals surface area contributed by atoms with Crippen molar-refractivity contribution in [2.45, 2.75) is 34.1 Å². The highest BCUT2D eigenvalue weighted by atomic mass is 32.2. The van der Waals surface area contributed by atoms with Gasteiger partial charge in [0.2, 0.25) is 5.91 Å². The average molecular weight is 265 g/mol. The minimum Gasteiger partial charge on any atom is -0.366 e. The van der Waals surface area contributed by atoms with E-state index in [1.807, 2.05) is 27.7 Å². The van der Waals surface area contributed by atoms with Crippen LogP contribution in [0.1, 0.15) is 34.1 Å². The highest BCUT2D eigenvalue weighted by molar-refractivity contribution is 7.85. The number of amides is 1. The van der Waals surface area contributed by atoms with Crippen LogP contribution in [-0.2, 0) is 14.9 Å². The molecular weight excluding hydrogens is 242 g/mol. The molecule has 102 valence electrons. The minimum absolute atomic E-state index is 0.0139. The third-order valence-corrected chi connectivity index (χ3v) is 2.65. The summed E-state index contributed by atoms with van der Waals surface area (Å²) in [6, 6.07) is 0. The van der Waals surface area contributed by atoms with E-state index in [9.17, 15) is 13.2 Å². The second kappa shape index (κ2) is 7.45. The lowest BCUT2D eigenvalue weighted by Crippen LogP contribution is -2.18. The number of carbonyl (C=O) groups is 1. The van der Waals surface area contributed by atoms with Gasteiger partial charge in [0.25, 0.3) is 10.1 Å². The molecule has 0 aromatic rings. The molecule has 0 radical (unpaired) electrons. The van der Waals surface area contributed by atoms with E-state index < -0.39 is 16.0 Å². The lowest BCUT2D eigenvalue weighted by Gasteiger charge is -2.22. The Morgan fingerprint density at radius 1 is 1.47 bits per heavy atom. The van der Waals surface area contributed by atoms with Crippen molar-refractivity contribution in [2.24, 2.45) is 17.1 Å². The van der Waals surface area contributed by atoms with Crippen LogP contribution in [0.5, 0.6) is 0 Å². The van der Waals surface area contributed by atoms with Crippen LogP contribution < -0.4 is 5.73 Å². The maximum absolute atomic E-state index is 10.5. The summed E-state index contributed by atoms with van der Waals surface area (Å²) in [5.74, 6) is -0.602. The molecule has 5 nitrogen and oxygen atoms in total. The Kier molecular flexibility index (Phi) is 8.10. The number of hydrogen-bond donors (Lipinski definition) is 2. The molecule has 3 N–H and O–H groups in total. The van der Waals surface area contributed by atoms with E-state index in [0.717, 1.165) is 12.5 Å². The fourth-order valence-electron chi connectivity index (χ4n) is 1.46. The van der Waals surface area contributed by atoms with Crippen molar-refractivity contribution in [3.63, 3.8) is 0 Å². The molecule has 0 fully saturated rings. The van der Waals surface area contributed by atoms with Gasteiger partial charge in [-0.15, -0.1) is 0 Å². The van der Waals surface area contributed by atoms with Crippen LogP contribution in [0.4, 0.5) is 0 Å². The van der Waals surface area contributed by atoms with Crippen LogP contribution in [-0.4, -0.2) is 24.6 Å². The molecule has 0 aromatic carbocycles. The number of primary amides is 1. The predicted octanol–water partition coefficient (Wildman–Crippen LogP) is 1.60. The Labute approximate surface area is 104 Å². The summed E-state index contributed by atoms with van der Waals surface area (Å²) in [7, 11) is -3.80. The van der Waals surface area contributed by atoms with Gasteiger partial charge in [-0.05, 0) is 23.8 Å². The van der Waals surface area contributed by atoms with Crippen molar-refractivity contribution in [3.8, 4) is 0 Å². The van der Waals surface area contributed by atoms with Gasteiger partial charge in [-0.1, -0.05) is 34.3 Å². The standard InChI is InChI=1S/C8H18O3S.C3H5NO/c1-7(5-8(2,3)4)6-12(9,10)11;1-2-3(4)5/h7H,5-6H2,1-4H3,(H,9,10,11);2H,1H2,(H2,4,5). The third kappa shape index (κ3) is 21.0. The molecule has 0 aliphatic rings. The second-order valence-electron chi connectivity index (χ2n) is 5.23. The first-order valence-corrected chi connectivity index (χ1v) is 6.85. The summed E-state index contributed by atoms with van der Waals surface area (Å²) in [5, 5.41) is 0. The van der Waals surface area contributed by atoms with Gasteiger partial charge in [0.15, 0.2) is 0 Å². The molecule has 1 atom stereocenters. The molecule has 0 heterocycles. The monoisotopic (exact) mass is 265 g/mol. The summed E-state index contributed by atoms with van der Waals surface area (Å²) < 4.78 is 29.5. The molecule has 1 amide bonds. The first-order chi connectivity index (χ1) is 7.37. The van der Waals surface area contributed by atoms with E-state index in [1.54, 1.807) is 0 Å². The lowest BCUT2D eigenvalue weighted by molar-refractivity contribution is -0.113. The van der Waals surface area contributed by atoms with E-state index in [4.69, 9.17) is 4.55 Å². The normalized spacial score (nSPS) is 13.2. The smallest absolute Gasteiger partial charge is 0.265 e. The maximum atomic E-state index is 10.5. The van der Waals surface area contributed by atoms with Crippen LogP contribution in [0.3, 0.4) is 0 Å². The van der Waals surface area contributed by atoms with E-state index in [-0.39, 0.29) is 17.1 Å². The van der Waals surface area contributed by atoms with Gasteiger partial charge >= 0.3 is 0 Å². The molecule has 6 heteroatoms. The molecule has 0 aromatic heterocycles. The number of nitrogens with two attached hydrogens (primary N) is 1. The van der Waals surface area contributed by atoms with E-state index in [1.165, 1.54) is 0 Å². The summed E-state index contributed by atoms with van der Waals surface area (Å²) >= 11 is 0.